The van der Waals surface area contributed by atoms with E-state index in [1.807, 2.05) is 12.1 Å². The molecule has 96 valence electrons. The molecule has 1 unspecified atom stereocenters. The van der Waals surface area contributed by atoms with Crippen LogP contribution in [0.5, 0.6) is 0 Å². The van der Waals surface area contributed by atoms with Crippen LogP contribution in [-0.2, 0) is 0 Å². The molecule has 1 aromatic rings. The van der Waals surface area contributed by atoms with Crippen LogP contribution in [0.4, 0.5) is 0 Å². The SMILES string of the molecule is CC(NCCNC(C)(C)C)c1ccc(Cl)cc1. The Balaban J connectivity index is 2.30. The van der Waals surface area contributed by atoms with Crippen molar-refractivity contribution in [2.24, 2.45) is 0 Å². The summed E-state index contributed by atoms with van der Waals surface area (Å²) >= 11 is 5.86. The van der Waals surface area contributed by atoms with Crippen molar-refractivity contribution in [3.05, 3.63) is 34.9 Å². The average molecular weight is 255 g/mol. The monoisotopic (exact) mass is 254 g/mol. The van der Waals surface area contributed by atoms with Crippen molar-refractivity contribution in [3.8, 4) is 0 Å². The molecule has 0 amide bonds. The molecule has 0 spiro atoms. The second kappa shape index (κ2) is 6.39. The minimum absolute atomic E-state index is 0.186. The van der Waals surface area contributed by atoms with Gasteiger partial charge < -0.3 is 10.6 Å². The summed E-state index contributed by atoms with van der Waals surface area (Å²) in [5, 5.41) is 7.73. The van der Waals surface area contributed by atoms with Gasteiger partial charge in [-0.05, 0) is 45.4 Å². The maximum absolute atomic E-state index is 5.86. The van der Waals surface area contributed by atoms with Crippen molar-refractivity contribution in [1.29, 1.82) is 0 Å². The number of hydrogen-bond acceptors (Lipinski definition) is 2. The van der Waals surface area contributed by atoms with Gasteiger partial charge in [-0.3, -0.25) is 0 Å². The number of rotatable bonds is 5. The summed E-state index contributed by atoms with van der Waals surface area (Å²) in [6, 6.07) is 8.35. The van der Waals surface area contributed by atoms with Crippen LogP contribution in [0.25, 0.3) is 0 Å². The Morgan fingerprint density at radius 2 is 1.71 bits per heavy atom. The van der Waals surface area contributed by atoms with E-state index in [0.29, 0.717) is 6.04 Å². The van der Waals surface area contributed by atoms with E-state index in [0.717, 1.165) is 18.1 Å². The van der Waals surface area contributed by atoms with Crippen LogP contribution < -0.4 is 10.6 Å². The Labute approximate surface area is 110 Å². The Bertz CT molecular complexity index is 327. The Hall–Kier alpha value is -0.570. The first-order valence-corrected chi connectivity index (χ1v) is 6.50. The molecule has 0 bridgehead atoms. The predicted octanol–water partition coefficient (Wildman–Crippen LogP) is 3.38. The van der Waals surface area contributed by atoms with Crippen LogP contribution in [0.1, 0.15) is 39.3 Å². The lowest BCUT2D eigenvalue weighted by Crippen LogP contribution is -2.40. The van der Waals surface area contributed by atoms with Gasteiger partial charge in [0.15, 0.2) is 0 Å². The fraction of sp³-hybridized carbons (Fsp3) is 0.571. The molecule has 0 aliphatic rings. The number of benzene rings is 1. The van der Waals surface area contributed by atoms with Crippen molar-refractivity contribution < 1.29 is 0 Å². The van der Waals surface area contributed by atoms with E-state index in [2.05, 4.69) is 50.5 Å². The fourth-order valence-electron chi connectivity index (χ4n) is 1.60. The van der Waals surface area contributed by atoms with Crippen LogP contribution in [-0.4, -0.2) is 18.6 Å². The van der Waals surface area contributed by atoms with Crippen LogP contribution in [0.3, 0.4) is 0 Å². The minimum atomic E-state index is 0.186. The molecule has 2 nitrogen and oxygen atoms in total. The molecule has 0 saturated carbocycles. The third-order valence-corrected chi connectivity index (χ3v) is 2.85. The summed E-state index contributed by atoms with van der Waals surface area (Å²) in [6.45, 7) is 10.6. The summed E-state index contributed by atoms with van der Waals surface area (Å²) < 4.78 is 0. The van der Waals surface area contributed by atoms with Crippen molar-refractivity contribution in [1.82, 2.24) is 10.6 Å². The van der Waals surface area contributed by atoms with Gasteiger partial charge in [0.25, 0.3) is 0 Å². The molecule has 3 heteroatoms. The molecule has 0 aliphatic carbocycles. The smallest absolute Gasteiger partial charge is 0.0406 e. The molecule has 0 fully saturated rings. The zero-order valence-corrected chi connectivity index (χ0v) is 11.9. The van der Waals surface area contributed by atoms with Gasteiger partial charge in [0.2, 0.25) is 0 Å². The maximum Gasteiger partial charge on any atom is 0.0406 e. The quantitative estimate of drug-likeness (QED) is 0.788. The molecular formula is C14H23ClN2. The summed E-state index contributed by atoms with van der Waals surface area (Å²) in [7, 11) is 0. The highest BCUT2D eigenvalue weighted by molar-refractivity contribution is 6.30. The molecular weight excluding hydrogens is 232 g/mol. The van der Waals surface area contributed by atoms with Crippen LogP contribution in [0.15, 0.2) is 24.3 Å². The lowest BCUT2D eigenvalue weighted by Gasteiger charge is -2.22. The highest BCUT2D eigenvalue weighted by Gasteiger charge is 2.08. The molecule has 1 aromatic carbocycles. The Morgan fingerprint density at radius 3 is 2.24 bits per heavy atom. The van der Waals surface area contributed by atoms with Gasteiger partial charge in [0.1, 0.15) is 0 Å². The molecule has 17 heavy (non-hydrogen) atoms. The largest absolute Gasteiger partial charge is 0.311 e. The van der Waals surface area contributed by atoms with E-state index in [4.69, 9.17) is 11.6 Å². The molecule has 1 atom stereocenters. The van der Waals surface area contributed by atoms with Crippen LogP contribution >= 0.6 is 11.6 Å². The van der Waals surface area contributed by atoms with Crippen LogP contribution in [0, 0.1) is 0 Å². The maximum atomic E-state index is 5.86. The Kier molecular flexibility index (Phi) is 5.44. The van der Waals surface area contributed by atoms with E-state index >= 15 is 0 Å². The topological polar surface area (TPSA) is 24.1 Å². The zero-order valence-electron chi connectivity index (χ0n) is 11.2. The van der Waals surface area contributed by atoms with E-state index in [1.54, 1.807) is 0 Å². The van der Waals surface area contributed by atoms with Gasteiger partial charge in [-0.2, -0.15) is 0 Å². The summed E-state index contributed by atoms with van der Waals surface area (Å²) in [5.41, 5.74) is 1.45. The molecule has 0 heterocycles. The molecule has 0 aliphatic heterocycles. The van der Waals surface area contributed by atoms with Crippen molar-refractivity contribution in [3.63, 3.8) is 0 Å². The van der Waals surface area contributed by atoms with Gasteiger partial charge in [0.05, 0.1) is 0 Å². The third kappa shape index (κ3) is 6.06. The summed E-state index contributed by atoms with van der Waals surface area (Å²) in [4.78, 5) is 0. The first kappa shape index (κ1) is 14.5. The van der Waals surface area contributed by atoms with Crippen molar-refractivity contribution in [2.75, 3.05) is 13.1 Å². The van der Waals surface area contributed by atoms with E-state index in [9.17, 15) is 0 Å². The molecule has 0 aromatic heterocycles. The van der Waals surface area contributed by atoms with Crippen molar-refractivity contribution >= 4 is 11.6 Å². The normalized spacial score (nSPS) is 13.7. The Morgan fingerprint density at radius 1 is 1.12 bits per heavy atom. The summed E-state index contributed by atoms with van der Waals surface area (Å²) in [5.74, 6) is 0. The van der Waals surface area contributed by atoms with Gasteiger partial charge in [0, 0.05) is 29.7 Å². The highest BCUT2D eigenvalue weighted by atomic mass is 35.5. The van der Waals surface area contributed by atoms with Gasteiger partial charge in [-0.25, -0.2) is 0 Å². The first-order chi connectivity index (χ1) is 7.88. The zero-order chi connectivity index (χ0) is 12.9. The number of nitrogens with one attached hydrogen (secondary N) is 2. The van der Waals surface area contributed by atoms with Gasteiger partial charge >= 0.3 is 0 Å². The van der Waals surface area contributed by atoms with E-state index < -0.39 is 0 Å². The van der Waals surface area contributed by atoms with E-state index in [-0.39, 0.29) is 5.54 Å². The van der Waals surface area contributed by atoms with Crippen LogP contribution in [0.2, 0.25) is 5.02 Å². The number of hydrogen-bond donors (Lipinski definition) is 2. The van der Waals surface area contributed by atoms with E-state index in [1.165, 1.54) is 5.56 Å². The second-order valence-electron chi connectivity index (χ2n) is 5.40. The summed E-state index contributed by atoms with van der Waals surface area (Å²) in [6.07, 6.45) is 0. The standard InChI is InChI=1S/C14H23ClN2/c1-11(12-5-7-13(15)8-6-12)16-9-10-17-14(2,3)4/h5-8,11,16-17H,9-10H2,1-4H3. The lowest BCUT2D eigenvalue weighted by atomic mass is 10.1. The van der Waals surface area contributed by atoms with Crippen molar-refractivity contribution in [2.45, 2.75) is 39.3 Å². The predicted molar refractivity (Wildman–Crippen MR) is 75.6 cm³/mol. The fourth-order valence-corrected chi connectivity index (χ4v) is 1.72. The lowest BCUT2D eigenvalue weighted by molar-refractivity contribution is 0.414. The molecule has 0 radical (unpaired) electrons. The van der Waals surface area contributed by atoms with Gasteiger partial charge in [-0.15, -0.1) is 0 Å². The molecule has 2 N–H and O–H groups in total. The second-order valence-corrected chi connectivity index (χ2v) is 5.84. The average Bonchev–Trinajstić information content (AvgIpc) is 2.24. The van der Waals surface area contributed by atoms with Gasteiger partial charge in [-0.1, -0.05) is 23.7 Å². The minimum Gasteiger partial charge on any atom is -0.311 e. The highest BCUT2D eigenvalue weighted by Crippen LogP contribution is 2.15. The third-order valence-electron chi connectivity index (χ3n) is 2.60. The number of halogens is 1. The molecule has 1 rings (SSSR count). The first-order valence-electron chi connectivity index (χ1n) is 6.12. The molecule has 0 saturated heterocycles.